The number of carbonyl (C=O) groups excluding carboxylic acids is 1. The number of aliphatic imine (C=N–C) groups is 1. The Morgan fingerprint density at radius 1 is 1.18 bits per heavy atom. The number of likely N-dealkylation sites (N-methyl/N-ethyl adjacent to an activating group) is 1. The fourth-order valence-electron chi connectivity index (χ4n) is 3.79. The van der Waals surface area contributed by atoms with Crippen molar-refractivity contribution < 1.29 is 4.79 Å². The topological polar surface area (TPSA) is 60.8 Å². The van der Waals surface area contributed by atoms with E-state index in [1.165, 1.54) is 5.56 Å². The highest BCUT2D eigenvalue weighted by Gasteiger charge is 2.25. The van der Waals surface area contributed by atoms with Crippen LogP contribution in [0.3, 0.4) is 0 Å². The maximum atomic E-state index is 12.4. The van der Waals surface area contributed by atoms with Gasteiger partial charge in [-0.15, -0.1) is 0 Å². The van der Waals surface area contributed by atoms with Gasteiger partial charge in [-0.1, -0.05) is 30.3 Å². The van der Waals surface area contributed by atoms with Gasteiger partial charge in [-0.2, -0.15) is 0 Å². The zero-order valence-electron chi connectivity index (χ0n) is 16.6. The maximum Gasteiger partial charge on any atom is 0.226 e. The molecule has 0 unspecified atom stereocenters. The molecule has 1 fully saturated rings. The lowest BCUT2D eigenvalue weighted by atomic mass is 10.1. The zero-order chi connectivity index (χ0) is 19.5. The molecule has 1 amide bonds. The number of hydrogen-bond acceptors (Lipinski definition) is 5. The third-order valence-electron chi connectivity index (χ3n) is 5.51. The number of hydrogen-bond donors (Lipinski definition) is 1. The Hall–Kier alpha value is -2.73. The molecule has 2 aromatic rings. The molecule has 146 valence electrons. The number of rotatable bonds is 4. The highest BCUT2D eigenvalue weighted by atomic mass is 16.1. The first-order valence-electron chi connectivity index (χ1n) is 9.90. The lowest BCUT2D eigenvalue weighted by molar-refractivity contribution is -0.121. The summed E-state index contributed by atoms with van der Waals surface area (Å²) < 4.78 is 0. The zero-order valence-corrected chi connectivity index (χ0v) is 16.6. The minimum absolute atomic E-state index is 0.0120. The summed E-state index contributed by atoms with van der Waals surface area (Å²) >= 11 is 0. The first kappa shape index (κ1) is 18.6. The molecule has 1 aromatic heterocycles. The number of nitrogens with zero attached hydrogens (tertiary/aromatic N) is 4. The van der Waals surface area contributed by atoms with E-state index in [-0.39, 0.29) is 18.4 Å². The molecule has 0 radical (unpaired) electrons. The second-order valence-electron chi connectivity index (χ2n) is 7.64. The molecule has 6 heteroatoms. The predicted octanol–water partition coefficient (Wildman–Crippen LogP) is 2.01. The quantitative estimate of drug-likeness (QED) is 0.886. The number of carbonyl (C=O) groups is 1. The van der Waals surface area contributed by atoms with Crippen LogP contribution in [0.25, 0.3) is 0 Å². The largest absolute Gasteiger partial charge is 0.354 e. The Bertz CT molecular complexity index is 872. The van der Waals surface area contributed by atoms with Crippen LogP contribution in [-0.2, 0) is 17.8 Å². The normalized spacial score (nSPS) is 17.8. The number of amides is 1. The molecule has 1 N–H and O–H groups in total. The van der Waals surface area contributed by atoms with Gasteiger partial charge in [-0.25, -0.2) is 0 Å². The molecule has 3 heterocycles. The van der Waals surface area contributed by atoms with Crippen molar-refractivity contribution in [2.45, 2.75) is 25.9 Å². The Morgan fingerprint density at radius 3 is 2.68 bits per heavy atom. The number of piperazine rings is 1. The van der Waals surface area contributed by atoms with Gasteiger partial charge in [0.2, 0.25) is 5.91 Å². The van der Waals surface area contributed by atoms with Gasteiger partial charge in [0.05, 0.1) is 24.7 Å². The summed E-state index contributed by atoms with van der Waals surface area (Å²) in [5.41, 5.74) is 4.18. The fourth-order valence-corrected chi connectivity index (χ4v) is 3.79. The van der Waals surface area contributed by atoms with Gasteiger partial charge < -0.3 is 15.1 Å². The first-order valence-corrected chi connectivity index (χ1v) is 9.90. The highest BCUT2D eigenvalue weighted by molar-refractivity contribution is 6.01. The van der Waals surface area contributed by atoms with E-state index in [2.05, 4.69) is 27.1 Å². The molecule has 0 aliphatic carbocycles. The van der Waals surface area contributed by atoms with Crippen LogP contribution in [0, 0.1) is 0 Å². The van der Waals surface area contributed by atoms with Crippen molar-refractivity contribution in [3.05, 3.63) is 65.0 Å². The van der Waals surface area contributed by atoms with Crippen LogP contribution in [0.1, 0.15) is 35.3 Å². The Morgan fingerprint density at radius 2 is 1.93 bits per heavy atom. The average Bonchev–Trinajstić information content (AvgIpc) is 3.12. The van der Waals surface area contributed by atoms with Gasteiger partial charge in [0.1, 0.15) is 5.84 Å². The van der Waals surface area contributed by atoms with Crippen molar-refractivity contribution in [2.75, 3.05) is 33.2 Å². The number of amidine groups is 1. The summed E-state index contributed by atoms with van der Waals surface area (Å²) in [7, 11) is 2.15. The summed E-state index contributed by atoms with van der Waals surface area (Å²) in [6.07, 6.45) is 2.18. The van der Waals surface area contributed by atoms with E-state index in [9.17, 15) is 4.79 Å². The van der Waals surface area contributed by atoms with Crippen LogP contribution >= 0.6 is 0 Å². The number of aromatic nitrogens is 1. The SMILES string of the molecule is C[C@@H](NC(=O)Cc1cc2c(cn1)C(N1CCN(C)CC1)=NC2)c1ccccc1. The number of benzene rings is 1. The van der Waals surface area contributed by atoms with Crippen LogP contribution in [0.4, 0.5) is 0 Å². The van der Waals surface area contributed by atoms with Crippen molar-refractivity contribution in [3.8, 4) is 0 Å². The first-order chi connectivity index (χ1) is 13.6. The van der Waals surface area contributed by atoms with Crippen LogP contribution in [0.5, 0.6) is 0 Å². The van der Waals surface area contributed by atoms with Crippen molar-refractivity contribution in [1.82, 2.24) is 20.1 Å². The van der Waals surface area contributed by atoms with Gasteiger partial charge in [0.15, 0.2) is 0 Å². The van der Waals surface area contributed by atoms with Gasteiger partial charge >= 0.3 is 0 Å². The molecular formula is C22H27N5O. The molecule has 1 aromatic carbocycles. The van der Waals surface area contributed by atoms with Crippen molar-refractivity contribution in [2.24, 2.45) is 4.99 Å². The smallest absolute Gasteiger partial charge is 0.226 e. The van der Waals surface area contributed by atoms with E-state index in [1.54, 1.807) is 0 Å². The van der Waals surface area contributed by atoms with Crippen LogP contribution < -0.4 is 5.32 Å². The predicted molar refractivity (Wildman–Crippen MR) is 110 cm³/mol. The van der Waals surface area contributed by atoms with Gasteiger partial charge in [-0.3, -0.25) is 14.8 Å². The summed E-state index contributed by atoms with van der Waals surface area (Å²) in [5.74, 6) is 1.05. The average molecular weight is 377 g/mol. The lowest BCUT2D eigenvalue weighted by Gasteiger charge is -2.34. The molecule has 2 aliphatic rings. The third kappa shape index (κ3) is 4.07. The molecule has 2 aliphatic heterocycles. The second kappa shape index (κ2) is 8.10. The molecular weight excluding hydrogens is 350 g/mol. The minimum Gasteiger partial charge on any atom is -0.354 e. The molecule has 6 nitrogen and oxygen atoms in total. The van der Waals surface area contributed by atoms with E-state index < -0.39 is 0 Å². The van der Waals surface area contributed by atoms with E-state index in [0.29, 0.717) is 6.54 Å². The maximum absolute atomic E-state index is 12.4. The number of fused-ring (bicyclic) bond motifs is 1. The van der Waals surface area contributed by atoms with E-state index in [1.807, 2.05) is 49.5 Å². The van der Waals surface area contributed by atoms with Crippen LogP contribution in [0.15, 0.2) is 47.6 Å². The van der Waals surface area contributed by atoms with Crippen LogP contribution in [-0.4, -0.2) is 59.8 Å². The molecule has 1 atom stereocenters. The monoisotopic (exact) mass is 377 g/mol. The van der Waals surface area contributed by atoms with Crippen molar-refractivity contribution in [3.63, 3.8) is 0 Å². The van der Waals surface area contributed by atoms with Gasteiger partial charge in [-0.05, 0) is 31.2 Å². The molecule has 0 bridgehead atoms. The minimum atomic E-state index is -0.0182. The van der Waals surface area contributed by atoms with Crippen molar-refractivity contribution >= 4 is 11.7 Å². The summed E-state index contributed by atoms with van der Waals surface area (Å²) in [6, 6.07) is 12.0. The summed E-state index contributed by atoms with van der Waals surface area (Å²) in [5, 5.41) is 3.06. The van der Waals surface area contributed by atoms with Gasteiger partial charge in [0.25, 0.3) is 0 Å². The molecule has 0 saturated carbocycles. The lowest BCUT2D eigenvalue weighted by Crippen LogP contribution is -2.47. The molecule has 1 saturated heterocycles. The van der Waals surface area contributed by atoms with E-state index in [4.69, 9.17) is 4.99 Å². The summed E-state index contributed by atoms with van der Waals surface area (Å²) in [4.78, 5) is 26.4. The van der Waals surface area contributed by atoms with Crippen LogP contribution in [0.2, 0.25) is 0 Å². The second-order valence-corrected chi connectivity index (χ2v) is 7.64. The van der Waals surface area contributed by atoms with E-state index in [0.717, 1.165) is 48.8 Å². The molecule has 0 spiro atoms. The molecule has 28 heavy (non-hydrogen) atoms. The summed E-state index contributed by atoms with van der Waals surface area (Å²) in [6.45, 7) is 6.78. The van der Waals surface area contributed by atoms with E-state index >= 15 is 0 Å². The number of pyridine rings is 1. The Labute approximate surface area is 166 Å². The Balaban J connectivity index is 1.38. The standard InChI is InChI=1S/C22H27N5O/c1-16(17-6-4-3-5-7-17)25-21(28)13-19-12-18-14-24-22(20(18)15-23-19)27-10-8-26(2)9-11-27/h3-7,12,15-16H,8-11,13-14H2,1-2H3,(H,25,28)/t16-/m1/s1. The third-order valence-corrected chi connectivity index (χ3v) is 5.51. The fraction of sp³-hybridized carbons (Fsp3) is 0.409. The van der Waals surface area contributed by atoms with Gasteiger partial charge in [0, 0.05) is 37.9 Å². The van der Waals surface area contributed by atoms with Crippen molar-refractivity contribution in [1.29, 1.82) is 0 Å². The number of nitrogens with one attached hydrogen (secondary N) is 1. The highest BCUT2D eigenvalue weighted by Crippen LogP contribution is 2.22. The molecule has 4 rings (SSSR count). The Kier molecular flexibility index (Phi) is 5.39.